The Balaban J connectivity index is 1.65. The van der Waals surface area contributed by atoms with E-state index in [1.165, 1.54) is 4.90 Å². The molecular formula is C16H24N4O4. The number of nitrogens with one attached hydrogen (secondary N) is 1. The molecule has 8 heteroatoms. The highest BCUT2D eigenvalue weighted by atomic mass is 16.5. The van der Waals surface area contributed by atoms with Crippen molar-refractivity contribution < 1.29 is 19.4 Å². The summed E-state index contributed by atoms with van der Waals surface area (Å²) in [6.45, 7) is 4.29. The molecule has 0 bridgehead atoms. The molecule has 2 heterocycles. The van der Waals surface area contributed by atoms with E-state index in [1.54, 1.807) is 11.6 Å². The van der Waals surface area contributed by atoms with Gasteiger partial charge in [-0.25, -0.2) is 9.59 Å². The van der Waals surface area contributed by atoms with Gasteiger partial charge in [0.05, 0.1) is 12.3 Å². The fraction of sp³-hybridized carbons (Fsp3) is 0.688. The third-order valence-corrected chi connectivity index (χ3v) is 4.49. The molecule has 1 aliphatic heterocycles. The molecule has 1 atom stereocenters. The minimum absolute atomic E-state index is 0.0680. The SMILES string of the molecule is CCOC(=O)c1cc(C2CC2)nn1CC[C@@H]1CN(C(=O)O)CCN1. The number of nitrogens with zero attached hydrogens (tertiary/aromatic N) is 3. The predicted molar refractivity (Wildman–Crippen MR) is 86.2 cm³/mol. The Labute approximate surface area is 140 Å². The average molecular weight is 336 g/mol. The Morgan fingerprint density at radius 1 is 1.46 bits per heavy atom. The average Bonchev–Trinajstić information content (AvgIpc) is 3.33. The summed E-state index contributed by atoms with van der Waals surface area (Å²) in [5.74, 6) is 0.121. The number of carbonyl (C=O) groups is 2. The van der Waals surface area contributed by atoms with Crippen molar-refractivity contribution in [3.63, 3.8) is 0 Å². The molecule has 3 rings (SSSR count). The van der Waals surface area contributed by atoms with Gasteiger partial charge in [0.25, 0.3) is 0 Å². The van der Waals surface area contributed by atoms with Crippen LogP contribution in [0.5, 0.6) is 0 Å². The van der Waals surface area contributed by atoms with Crippen LogP contribution in [0.2, 0.25) is 0 Å². The number of aromatic nitrogens is 2. The maximum absolute atomic E-state index is 12.1. The summed E-state index contributed by atoms with van der Waals surface area (Å²) in [7, 11) is 0. The standard InChI is InChI=1S/C16H24N4O4/c1-2-24-15(21)14-9-13(11-3-4-11)18-20(14)7-5-12-10-19(16(22)23)8-6-17-12/h9,11-12,17H,2-8,10H2,1H3,(H,22,23)/t12-/m1/s1. The van der Waals surface area contributed by atoms with E-state index in [9.17, 15) is 9.59 Å². The smallest absolute Gasteiger partial charge is 0.407 e. The maximum Gasteiger partial charge on any atom is 0.407 e. The highest BCUT2D eigenvalue weighted by Crippen LogP contribution is 2.39. The second kappa shape index (κ2) is 7.21. The number of amides is 1. The van der Waals surface area contributed by atoms with E-state index >= 15 is 0 Å². The van der Waals surface area contributed by atoms with Gasteiger partial charge in [-0.3, -0.25) is 4.68 Å². The van der Waals surface area contributed by atoms with Crippen LogP contribution in [0.4, 0.5) is 4.79 Å². The highest BCUT2D eigenvalue weighted by molar-refractivity contribution is 5.87. The van der Waals surface area contributed by atoms with E-state index in [2.05, 4.69) is 10.4 Å². The number of piperazine rings is 1. The van der Waals surface area contributed by atoms with E-state index in [0.717, 1.165) is 18.5 Å². The Kier molecular flexibility index (Phi) is 5.03. The molecule has 0 unspecified atom stereocenters. The lowest BCUT2D eigenvalue weighted by molar-refractivity contribution is 0.0511. The molecule has 0 radical (unpaired) electrons. The zero-order valence-corrected chi connectivity index (χ0v) is 13.9. The lowest BCUT2D eigenvalue weighted by atomic mass is 10.1. The fourth-order valence-electron chi connectivity index (χ4n) is 3.03. The maximum atomic E-state index is 12.1. The first kappa shape index (κ1) is 16.8. The van der Waals surface area contributed by atoms with Crippen molar-refractivity contribution in [3.8, 4) is 0 Å². The number of rotatable bonds is 6. The first-order valence-electron chi connectivity index (χ1n) is 8.54. The molecule has 8 nitrogen and oxygen atoms in total. The molecule has 1 saturated carbocycles. The van der Waals surface area contributed by atoms with Crippen LogP contribution in [0, 0.1) is 0 Å². The molecule has 1 amide bonds. The van der Waals surface area contributed by atoms with Crippen LogP contribution in [0.1, 0.15) is 48.3 Å². The molecule has 2 fully saturated rings. The summed E-state index contributed by atoms with van der Waals surface area (Å²) in [6.07, 6.45) is 2.07. The summed E-state index contributed by atoms with van der Waals surface area (Å²) >= 11 is 0. The van der Waals surface area contributed by atoms with Gasteiger partial charge in [-0.05, 0) is 32.3 Å². The molecule has 24 heavy (non-hydrogen) atoms. The quantitative estimate of drug-likeness (QED) is 0.760. The third kappa shape index (κ3) is 3.87. The van der Waals surface area contributed by atoms with E-state index in [0.29, 0.717) is 50.8 Å². The molecule has 1 aromatic rings. The van der Waals surface area contributed by atoms with Crippen molar-refractivity contribution in [1.82, 2.24) is 20.0 Å². The minimum Gasteiger partial charge on any atom is -0.465 e. The summed E-state index contributed by atoms with van der Waals surface area (Å²) in [5, 5.41) is 17.0. The lowest BCUT2D eigenvalue weighted by Crippen LogP contribution is -2.52. The van der Waals surface area contributed by atoms with Crippen molar-refractivity contribution in [2.45, 2.75) is 44.7 Å². The molecule has 1 aliphatic carbocycles. The fourth-order valence-corrected chi connectivity index (χ4v) is 3.03. The Bertz CT molecular complexity index is 611. The van der Waals surface area contributed by atoms with E-state index < -0.39 is 6.09 Å². The normalized spacial score (nSPS) is 20.9. The van der Waals surface area contributed by atoms with Gasteiger partial charge in [-0.15, -0.1) is 0 Å². The number of hydrogen-bond donors (Lipinski definition) is 2. The zero-order chi connectivity index (χ0) is 17.1. The van der Waals surface area contributed by atoms with Gasteiger partial charge in [0.2, 0.25) is 0 Å². The van der Waals surface area contributed by atoms with Crippen LogP contribution in [0.15, 0.2) is 6.07 Å². The van der Waals surface area contributed by atoms with Gasteiger partial charge in [-0.2, -0.15) is 5.10 Å². The first-order valence-corrected chi connectivity index (χ1v) is 8.54. The third-order valence-electron chi connectivity index (χ3n) is 4.49. The van der Waals surface area contributed by atoms with Gasteiger partial charge in [0.1, 0.15) is 5.69 Å². The number of hydrogen-bond acceptors (Lipinski definition) is 5. The number of ether oxygens (including phenoxy) is 1. The molecule has 132 valence electrons. The lowest BCUT2D eigenvalue weighted by Gasteiger charge is -2.31. The van der Waals surface area contributed by atoms with Crippen LogP contribution in [-0.4, -0.2) is 64.1 Å². The first-order chi connectivity index (χ1) is 11.6. The number of carbonyl (C=O) groups excluding carboxylic acids is 1. The molecule has 0 aromatic carbocycles. The highest BCUT2D eigenvalue weighted by Gasteiger charge is 2.29. The zero-order valence-electron chi connectivity index (χ0n) is 13.9. The number of esters is 1. The van der Waals surface area contributed by atoms with Crippen LogP contribution in [-0.2, 0) is 11.3 Å². The summed E-state index contributed by atoms with van der Waals surface area (Å²) in [6, 6.07) is 1.91. The van der Waals surface area contributed by atoms with Crippen molar-refractivity contribution in [2.75, 3.05) is 26.2 Å². The summed E-state index contributed by atoms with van der Waals surface area (Å²) in [4.78, 5) is 24.6. The summed E-state index contributed by atoms with van der Waals surface area (Å²) < 4.78 is 6.84. The van der Waals surface area contributed by atoms with E-state index in [1.807, 2.05) is 6.07 Å². The Hall–Kier alpha value is -2.09. The van der Waals surface area contributed by atoms with Crippen molar-refractivity contribution >= 4 is 12.1 Å². The van der Waals surface area contributed by atoms with Gasteiger partial charge >= 0.3 is 12.1 Å². The Morgan fingerprint density at radius 3 is 2.92 bits per heavy atom. The second-order valence-corrected chi connectivity index (χ2v) is 6.34. The van der Waals surface area contributed by atoms with Crippen LogP contribution in [0.25, 0.3) is 0 Å². The van der Waals surface area contributed by atoms with Gasteiger partial charge in [0, 0.05) is 38.1 Å². The topological polar surface area (TPSA) is 96.7 Å². The number of carboxylic acid groups (broad SMARTS) is 1. The minimum atomic E-state index is -0.885. The van der Waals surface area contributed by atoms with Gasteiger partial charge in [0.15, 0.2) is 0 Å². The van der Waals surface area contributed by atoms with Crippen molar-refractivity contribution in [3.05, 3.63) is 17.5 Å². The molecule has 2 N–H and O–H groups in total. The Morgan fingerprint density at radius 2 is 2.25 bits per heavy atom. The molecule has 2 aliphatic rings. The van der Waals surface area contributed by atoms with Gasteiger partial charge < -0.3 is 20.1 Å². The predicted octanol–water partition coefficient (Wildman–Crippen LogP) is 1.28. The second-order valence-electron chi connectivity index (χ2n) is 6.34. The summed E-state index contributed by atoms with van der Waals surface area (Å²) in [5.41, 5.74) is 1.45. The van der Waals surface area contributed by atoms with Crippen molar-refractivity contribution in [1.29, 1.82) is 0 Å². The number of aryl methyl sites for hydroxylation is 1. The van der Waals surface area contributed by atoms with Crippen LogP contribution in [0.3, 0.4) is 0 Å². The van der Waals surface area contributed by atoms with Crippen LogP contribution < -0.4 is 5.32 Å². The van der Waals surface area contributed by atoms with Crippen LogP contribution >= 0.6 is 0 Å². The van der Waals surface area contributed by atoms with Gasteiger partial charge in [-0.1, -0.05) is 0 Å². The van der Waals surface area contributed by atoms with Crippen molar-refractivity contribution in [2.24, 2.45) is 0 Å². The van der Waals surface area contributed by atoms with E-state index in [4.69, 9.17) is 9.84 Å². The molecule has 1 saturated heterocycles. The molecule has 0 spiro atoms. The molecular weight excluding hydrogens is 312 g/mol. The monoisotopic (exact) mass is 336 g/mol. The largest absolute Gasteiger partial charge is 0.465 e. The molecule has 1 aromatic heterocycles. The van der Waals surface area contributed by atoms with E-state index in [-0.39, 0.29) is 12.0 Å².